The van der Waals surface area contributed by atoms with Crippen LogP contribution in [0.5, 0.6) is 11.5 Å². The molecule has 2 amide bonds. The number of benzene rings is 3. The molecule has 0 unspecified atom stereocenters. The fourth-order valence-corrected chi connectivity index (χ4v) is 5.52. The molecule has 34 heavy (non-hydrogen) atoms. The first kappa shape index (κ1) is 22.3. The van der Waals surface area contributed by atoms with Crippen molar-refractivity contribution in [2.45, 2.75) is 23.3 Å². The van der Waals surface area contributed by atoms with Crippen LogP contribution in [0.1, 0.15) is 39.0 Å². The smallest absolute Gasteiger partial charge is 0.254 e. The van der Waals surface area contributed by atoms with E-state index >= 15 is 0 Å². The Morgan fingerprint density at radius 2 is 1.76 bits per heavy atom. The van der Waals surface area contributed by atoms with Crippen LogP contribution in [0.4, 0.5) is 5.69 Å². The molecule has 0 aromatic heterocycles. The summed E-state index contributed by atoms with van der Waals surface area (Å²) in [5.74, 6) is 0.475. The fraction of sp³-hybridized carbons (Fsp3) is 0.259. The minimum absolute atomic E-state index is 0.0468. The van der Waals surface area contributed by atoms with Crippen LogP contribution < -0.4 is 14.8 Å². The van der Waals surface area contributed by atoms with Crippen molar-refractivity contribution in [2.75, 3.05) is 32.3 Å². The highest BCUT2D eigenvalue weighted by atomic mass is 32.2. The molecule has 3 aromatic carbocycles. The van der Waals surface area contributed by atoms with Crippen molar-refractivity contribution in [3.8, 4) is 11.5 Å². The van der Waals surface area contributed by atoms with Gasteiger partial charge < -0.3 is 19.7 Å². The number of ether oxygens (including phenoxy) is 2. The van der Waals surface area contributed by atoms with E-state index in [0.717, 1.165) is 27.3 Å². The highest BCUT2D eigenvalue weighted by molar-refractivity contribution is 7.98. The molecule has 5 rings (SSSR count). The summed E-state index contributed by atoms with van der Waals surface area (Å²) in [5.41, 5.74) is 4.05. The van der Waals surface area contributed by atoms with Crippen molar-refractivity contribution >= 4 is 29.3 Å². The third-order valence-corrected chi connectivity index (χ3v) is 7.37. The van der Waals surface area contributed by atoms with Gasteiger partial charge in [-0.2, -0.15) is 0 Å². The van der Waals surface area contributed by atoms with Gasteiger partial charge in [-0.05, 0) is 65.8 Å². The number of carbonyl (C=O) groups is 2. The number of hydrogen-bond acceptors (Lipinski definition) is 5. The van der Waals surface area contributed by atoms with Crippen LogP contribution in [0.25, 0.3) is 0 Å². The summed E-state index contributed by atoms with van der Waals surface area (Å²) in [5, 5.41) is 3.11. The Bertz CT molecular complexity index is 1280. The standard InChI is InChI=1S/C27H26N2O4S/c1-32-22-13-16-11-12-29-25(21(16)15-23(22)33-2)24(19-9-4-5-10-20(19)27(29)31)26(30)28-17-7-6-8-18(14-17)34-3/h4-10,13-15,24-25H,11-12H2,1-3H3,(H,28,30)/t24-,25-/m1/s1. The summed E-state index contributed by atoms with van der Waals surface area (Å²) in [4.78, 5) is 30.3. The van der Waals surface area contributed by atoms with Crippen LogP contribution in [0.15, 0.2) is 65.6 Å². The Balaban J connectivity index is 1.64. The molecule has 0 bridgehead atoms. The number of amides is 2. The first-order chi connectivity index (χ1) is 16.5. The largest absolute Gasteiger partial charge is 0.493 e. The zero-order valence-corrected chi connectivity index (χ0v) is 20.1. The molecule has 2 aliphatic heterocycles. The van der Waals surface area contributed by atoms with Crippen LogP contribution in [0, 0.1) is 0 Å². The number of methoxy groups -OCH3 is 2. The lowest BCUT2D eigenvalue weighted by Crippen LogP contribution is -2.49. The topological polar surface area (TPSA) is 67.9 Å². The van der Waals surface area contributed by atoms with Crippen molar-refractivity contribution in [1.29, 1.82) is 0 Å². The van der Waals surface area contributed by atoms with Gasteiger partial charge in [0.05, 0.1) is 26.2 Å². The molecule has 0 aliphatic carbocycles. The fourth-order valence-electron chi connectivity index (χ4n) is 5.06. The van der Waals surface area contributed by atoms with Crippen LogP contribution >= 0.6 is 11.8 Å². The quantitative estimate of drug-likeness (QED) is 0.533. The monoisotopic (exact) mass is 474 g/mol. The number of fused-ring (bicyclic) bond motifs is 4. The molecule has 0 saturated heterocycles. The molecule has 174 valence electrons. The van der Waals surface area contributed by atoms with Crippen molar-refractivity contribution in [3.05, 3.63) is 82.9 Å². The van der Waals surface area contributed by atoms with Gasteiger partial charge in [0, 0.05) is 22.7 Å². The molecule has 0 radical (unpaired) electrons. The number of rotatable bonds is 5. The first-order valence-electron chi connectivity index (χ1n) is 11.1. The molecule has 2 heterocycles. The van der Waals surface area contributed by atoms with Crippen LogP contribution in [0.2, 0.25) is 0 Å². The average molecular weight is 475 g/mol. The Kier molecular flexibility index (Phi) is 5.96. The second kappa shape index (κ2) is 9.06. The van der Waals surface area contributed by atoms with E-state index in [1.54, 1.807) is 26.0 Å². The minimum atomic E-state index is -0.566. The molecule has 6 nitrogen and oxygen atoms in total. The second-order valence-electron chi connectivity index (χ2n) is 8.39. The average Bonchev–Trinajstić information content (AvgIpc) is 2.88. The van der Waals surface area contributed by atoms with Gasteiger partial charge in [-0.25, -0.2) is 0 Å². The molecule has 1 N–H and O–H groups in total. The van der Waals surface area contributed by atoms with E-state index < -0.39 is 12.0 Å². The predicted molar refractivity (Wildman–Crippen MR) is 133 cm³/mol. The van der Waals surface area contributed by atoms with Gasteiger partial charge in [0.2, 0.25) is 5.91 Å². The Morgan fingerprint density at radius 3 is 2.53 bits per heavy atom. The van der Waals surface area contributed by atoms with Crippen molar-refractivity contribution < 1.29 is 19.1 Å². The normalized spacial score (nSPS) is 18.4. The van der Waals surface area contributed by atoms with E-state index in [-0.39, 0.29) is 11.8 Å². The molecular formula is C27H26N2O4S. The van der Waals surface area contributed by atoms with E-state index in [2.05, 4.69) is 5.32 Å². The van der Waals surface area contributed by atoms with Gasteiger partial charge >= 0.3 is 0 Å². The second-order valence-corrected chi connectivity index (χ2v) is 9.27. The van der Waals surface area contributed by atoms with Crippen molar-refractivity contribution in [1.82, 2.24) is 4.90 Å². The summed E-state index contributed by atoms with van der Waals surface area (Å²) in [6.07, 6.45) is 2.69. The lowest BCUT2D eigenvalue weighted by molar-refractivity contribution is -0.119. The SMILES string of the molecule is COc1cc2c(cc1OC)[C@@H]1[C@H](C(=O)Nc3cccc(SC)c3)c3ccccc3C(=O)N1CC2. The highest BCUT2D eigenvalue weighted by Crippen LogP contribution is 2.48. The Morgan fingerprint density at radius 1 is 1.00 bits per heavy atom. The maximum Gasteiger partial charge on any atom is 0.254 e. The molecule has 0 fully saturated rings. The summed E-state index contributed by atoms with van der Waals surface area (Å²) < 4.78 is 11.1. The number of anilines is 1. The summed E-state index contributed by atoms with van der Waals surface area (Å²) in [7, 11) is 3.20. The third kappa shape index (κ3) is 3.70. The van der Waals surface area contributed by atoms with Crippen molar-refractivity contribution in [2.24, 2.45) is 0 Å². The van der Waals surface area contributed by atoms with Gasteiger partial charge in [0.15, 0.2) is 11.5 Å². The number of nitrogens with one attached hydrogen (secondary N) is 1. The van der Waals surface area contributed by atoms with Crippen LogP contribution in [-0.4, -0.2) is 43.7 Å². The van der Waals surface area contributed by atoms with E-state index in [1.165, 1.54) is 0 Å². The van der Waals surface area contributed by atoms with E-state index in [9.17, 15) is 9.59 Å². The predicted octanol–water partition coefficient (Wildman–Crippen LogP) is 4.90. The molecular weight excluding hydrogens is 448 g/mol. The number of nitrogens with zero attached hydrogens (tertiary/aromatic N) is 1. The Hall–Kier alpha value is -3.45. The lowest BCUT2D eigenvalue weighted by atomic mass is 9.75. The number of thioether (sulfide) groups is 1. The zero-order valence-electron chi connectivity index (χ0n) is 19.3. The number of hydrogen-bond donors (Lipinski definition) is 1. The van der Waals surface area contributed by atoms with Gasteiger partial charge in [-0.1, -0.05) is 24.3 Å². The van der Waals surface area contributed by atoms with E-state index in [1.807, 2.05) is 71.8 Å². The first-order valence-corrected chi connectivity index (χ1v) is 12.4. The summed E-state index contributed by atoms with van der Waals surface area (Å²) in [6, 6.07) is 18.7. The van der Waals surface area contributed by atoms with E-state index in [0.29, 0.717) is 30.0 Å². The molecule has 7 heteroatoms. The zero-order chi connectivity index (χ0) is 23.8. The minimum Gasteiger partial charge on any atom is -0.493 e. The number of carbonyl (C=O) groups excluding carboxylic acids is 2. The molecule has 2 aliphatic rings. The summed E-state index contributed by atoms with van der Waals surface area (Å²) >= 11 is 1.62. The maximum absolute atomic E-state index is 13.9. The summed E-state index contributed by atoms with van der Waals surface area (Å²) in [6.45, 7) is 0.534. The van der Waals surface area contributed by atoms with Gasteiger partial charge in [-0.15, -0.1) is 11.8 Å². The molecule has 0 spiro atoms. The van der Waals surface area contributed by atoms with Gasteiger partial charge in [0.1, 0.15) is 0 Å². The third-order valence-electron chi connectivity index (χ3n) is 6.64. The van der Waals surface area contributed by atoms with Crippen LogP contribution in [-0.2, 0) is 11.2 Å². The maximum atomic E-state index is 13.9. The lowest BCUT2D eigenvalue weighted by Gasteiger charge is -2.45. The van der Waals surface area contributed by atoms with Gasteiger partial charge in [0.25, 0.3) is 5.91 Å². The molecule has 0 saturated carbocycles. The van der Waals surface area contributed by atoms with Gasteiger partial charge in [-0.3, -0.25) is 9.59 Å². The highest BCUT2D eigenvalue weighted by Gasteiger charge is 2.46. The molecule has 2 atom stereocenters. The molecule has 3 aromatic rings. The Labute approximate surface area is 203 Å². The van der Waals surface area contributed by atoms with Crippen molar-refractivity contribution in [3.63, 3.8) is 0 Å². The van der Waals surface area contributed by atoms with E-state index in [4.69, 9.17) is 9.47 Å². The van der Waals surface area contributed by atoms with Crippen LogP contribution in [0.3, 0.4) is 0 Å².